The normalized spacial score (nSPS) is 14.2. The number of nitro groups is 1. The maximum atomic E-state index is 12.7. The molecule has 3 rings (SSSR count). The van der Waals surface area contributed by atoms with Gasteiger partial charge in [0.15, 0.2) is 6.61 Å². The monoisotopic (exact) mass is 425 g/mol. The second-order valence-electron chi connectivity index (χ2n) is 7.67. The zero-order valence-electron chi connectivity index (χ0n) is 17.8. The highest BCUT2D eigenvalue weighted by molar-refractivity contribution is 5.99. The topological polar surface area (TPSA) is 102 Å². The number of carbonyl (C=O) groups is 2. The van der Waals surface area contributed by atoms with Crippen LogP contribution in [0.1, 0.15) is 54.9 Å². The van der Waals surface area contributed by atoms with E-state index in [1.54, 1.807) is 6.07 Å². The Morgan fingerprint density at radius 2 is 1.90 bits per heavy atom. The van der Waals surface area contributed by atoms with Gasteiger partial charge < -0.3 is 15.0 Å². The molecule has 1 aliphatic rings. The quantitative estimate of drug-likeness (QED) is 0.379. The van der Waals surface area contributed by atoms with E-state index < -0.39 is 23.4 Å². The first-order chi connectivity index (χ1) is 14.9. The first-order valence-corrected chi connectivity index (χ1v) is 10.5. The average Bonchev–Trinajstić information content (AvgIpc) is 3.31. The average molecular weight is 425 g/mol. The van der Waals surface area contributed by atoms with Gasteiger partial charge in [-0.1, -0.05) is 32.0 Å². The highest BCUT2D eigenvalue weighted by Crippen LogP contribution is 2.29. The third-order valence-electron chi connectivity index (χ3n) is 5.57. The highest BCUT2D eigenvalue weighted by Gasteiger charge is 2.24. The number of nitrogens with one attached hydrogen (secondary N) is 1. The van der Waals surface area contributed by atoms with E-state index >= 15 is 0 Å². The zero-order chi connectivity index (χ0) is 22.4. The van der Waals surface area contributed by atoms with Crippen LogP contribution in [0.25, 0.3) is 0 Å². The highest BCUT2D eigenvalue weighted by atomic mass is 16.6. The summed E-state index contributed by atoms with van der Waals surface area (Å²) in [6, 6.07) is 11.7. The molecule has 1 amide bonds. The van der Waals surface area contributed by atoms with Crippen molar-refractivity contribution in [2.24, 2.45) is 0 Å². The predicted octanol–water partition coefficient (Wildman–Crippen LogP) is 4.50. The number of nitro benzene ring substituents is 1. The van der Waals surface area contributed by atoms with E-state index in [2.05, 4.69) is 19.2 Å². The van der Waals surface area contributed by atoms with Crippen LogP contribution in [0.4, 0.5) is 17.1 Å². The van der Waals surface area contributed by atoms with Crippen LogP contribution in [0, 0.1) is 10.1 Å². The van der Waals surface area contributed by atoms with Gasteiger partial charge in [0.25, 0.3) is 11.6 Å². The van der Waals surface area contributed by atoms with E-state index in [-0.39, 0.29) is 17.2 Å². The molecule has 2 aromatic carbocycles. The number of ether oxygens (including phenoxy) is 1. The minimum absolute atomic E-state index is 0.101. The molecule has 0 radical (unpaired) electrons. The standard InChI is InChI=1S/C23H27N3O5/c1-3-16(2)18-8-4-5-9-20(18)24-22(27)15-31-23(28)19-14-17(26(29)30)10-11-21(19)25-12-6-7-13-25/h4-5,8-11,14,16H,3,6-7,12-13,15H2,1-2H3,(H,24,27)/t16-/m0/s1. The lowest BCUT2D eigenvalue weighted by molar-refractivity contribution is -0.384. The van der Waals surface area contributed by atoms with Crippen molar-refractivity contribution >= 4 is 28.9 Å². The fourth-order valence-electron chi connectivity index (χ4n) is 3.69. The molecule has 1 heterocycles. The summed E-state index contributed by atoms with van der Waals surface area (Å²) >= 11 is 0. The van der Waals surface area contributed by atoms with Crippen LogP contribution in [0.15, 0.2) is 42.5 Å². The van der Waals surface area contributed by atoms with Crippen molar-refractivity contribution in [1.29, 1.82) is 0 Å². The number of benzene rings is 2. The molecule has 1 fully saturated rings. The zero-order valence-corrected chi connectivity index (χ0v) is 17.8. The Morgan fingerprint density at radius 1 is 1.19 bits per heavy atom. The summed E-state index contributed by atoms with van der Waals surface area (Å²) in [5, 5.41) is 14.0. The molecule has 0 aromatic heterocycles. The molecule has 1 atom stereocenters. The summed E-state index contributed by atoms with van der Waals surface area (Å²) in [6.07, 6.45) is 2.90. The number of rotatable bonds is 8. The van der Waals surface area contributed by atoms with Gasteiger partial charge in [-0.2, -0.15) is 0 Å². The van der Waals surface area contributed by atoms with Crippen molar-refractivity contribution in [3.05, 3.63) is 63.7 Å². The number of esters is 1. The van der Waals surface area contributed by atoms with Crippen LogP contribution in [0.2, 0.25) is 0 Å². The number of hydrogen-bond acceptors (Lipinski definition) is 6. The number of amides is 1. The van der Waals surface area contributed by atoms with E-state index in [0.717, 1.165) is 37.9 Å². The van der Waals surface area contributed by atoms with Crippen molar-refractivity contribution in [3.63, 3.8) is 0 Å². The minimum atomic E-state index is -0.754. The van der Waals surface area contributed by atoms with Crippen molar-refractivity contribution in [3.8, 4) is 0 Å². The Morgan fingerprint density at radius 3 is 2.58 bits per heavy atom. The van der Waals surface area contributed by atoms with Crippen molar-refractivity contribution < 1.29 is 19.2 Å². The molecule has 8 heteroatoms. The molecule has 8 nitrogen and oxygen atoms in total. The molecule has 2 aromatic rings. The Hall–Kier alpha value is -3.42. The van der Waals surface area contributed by atoms with Gasteiger partial charge >= 0.3 is 5.97 Å². The van der Waals surface area contributed by atoms with Crippen LogP contribution in [0.3, 0.4) is 0 Å². The summed E-state index contributed by atoms with van der Waals surface area (Å²) in [6.45, 7) is 5.21. The number of non-ortho nitro benzene ring substituents is 1. The summed E-state index contributed by atoms with van der Waals surface area (Å²) < 4.78 is 5.22. The van der Waals surface area contributed by atoms with Gasteiger partial charge in [-0.15, -0.1) is 0 Å². The number of anilines is 2. The first kappa shape index (κ1) is 22.3. The van der Waals surface area contributed by atoms with Gasteiger partial charge in [0.2, 0.25) is 0 Å². The maximum absolute atomic E-state index is 12.7. The van der Waals surface area contributed by atoms with Crippen LogP contribution < -0.4 is 10.2 Å². The molecular weight excluding hydrogens is 398 g/mol. The van der Waals surface area contributed by atoms with Crippen LogP contribution in [-0.4, -0.2) is 36.5 Å². The van der Waals surface area contributed by atoms with Gasteiger partial charge in [0.05, 0.1) is 16.2 Å². The van der Waals surface area contributed by atoms with Crippen LogP contribution in [0.5, 0.6) is 0 Å². The molecule has 0 saturated carbocycles. The summed E-state index contributed by atoms with van der Waals surface area (Å²) in [7, 11) is 0. The number of carbonyl (C=O) groups excluding carboxylic acids is 2. The Kier molecular flexibility index (Phi) is 7.23. The SMILES string of the molecule is CC[C@H](C)c1ccccc1NC(=O)COC(=O)c1cc([N+](=O)[O-])ccc1N1CCCC1. The van der Waals surface area contributed by atoms with Gasteiger partial charge in [-0.25, -0.2) is 4.79 Å². The van der Waals surface area contributed by atoms with Crippen LogP contribution in [-0.2, 0) is 9.53 Å². The molecule has 0 unspecified atom stereocenters. The van der Waals surface area contributed by atoms with E-state index in [9.17, 15) is 19.7 Å². The Balaban J connectivity index is 1.71. The third kappa shape index (κ3) is 5.39. The van der Waals surface area contributed by atoms with Crippen molar-refractivity contribution in [2.45, 2.75) is 39.0 Å². The lowest BCUT2D eigenvalue weighted by Gasteiger charge is -2.20. The first-order valence-electron chi connectivity index (χ1n) is 10.5. The van der Waals surface area contributed by atoms with Crippen molar-refractivity contribution in [1.82, 2.24) is 0 Å². The van der Waals surface area contributed by atoms with Crippen molar-refractivity contribution in [2.75, 3.05) is 29.9 Å². The molecule has 1 N–H and O–H groups in total. The molecule has 0 bridgehead atoms. The summed E-state index contributed by atoms with van der Waals surface area (Å²) in [4.78, 5) is 37.8. The molecule has 164 valence electrons. The Bertz CT molecular complexity index is 969. The minimum Gasteiger partial charge on any atom is -0.452 e. The van der Waals surface area contributed by atoms with Gasteiger partial charge in [-0.3, -0.25) is 14.9 Å². The second kappa shape index (κ2) is 10.1. The second-order valence-corrected chi connectivity index (χ2v) is 7.67. The third-order valence-corrected chi connectivity index (χ3v) is 5.57. The van der Waals surface area contributed by atoms with Crippen LogP contribution >= 0.6 is 0 Å². The molecular formula is C23H27N3O5. The predicted molar refractivity (Wildman–Crippen MR) is 119 cm³/mol. The van der Waals surface area contributed by atoms with E-state index in [4.69, 9.17) is 4.74 Å². The number of hydrogen-bond donors (Lipinski definition) is 1. The van der Waals surface area contributed by atoms with Gasteiger partial charge in [0, 0.05) is 30.9 Å². The Labute approximate surface area is 181 Å². The van der Waals surface area contributed by atoms with Gasteiger partial charge in [0.1, 0.15) is 0 Å². The lowest BCUT2D eigenvalue weighted by atomic mass is 9.97. The van der Waals surface area contributed by atoms with E-state index in [1.807, 2.05) is 29.2 Å². The summed E-state index contributed by atoms with van der Waals surface area (Å²) in [5.41, 5.74) is 2.20. The lowest BCUT2D eigenvalue weighted by Crippen LogP contribution is -2.24. The molecule has 1 saturated heterocycles. The smallest absolute Gasteiger partial charge is 0.341 e. The van der Waals surface area contributed by atoms with Gasteiger partial charge in [-0.05, 0) is 42.9 Å². The fourth-order valence-corrected chi connectivity index (χ4v) is 3.69. The maximum Gasteiger partial charge on any atom is 0.341 e. The van der Waals surface area contributed by atoms with E-state index in [1.165, 1.54) is 12.1 Å². The fraction of sp³-hybridized carbons (Fsp3) is 0.391. The van der Waals surface area contributed by atoms with E-state index in [0.29, 0.717) is 11.4 Å². The molecule has 1 aliphatic heterocycles. The molecule has 0 aliphatic carbocycles. The number of nitrogens with zero attached hydrogens (tertiary/aromatic N) is 2. The largest absolute Gasteiger partial charge is 0.452 e. The number of para-hydroxylation sites is 1. The molecule has 31 heavy (non-hydrogen) atoms. The summed E-state index contributed by atoms with van der Waals surface area (Å²) in [5.74, 6) is -0.944. The molecule has 0 spiro atoms.